The van der Waals surface area contributed by atoms with Gasteiger partial charge in [0, 0.05) is 20.2 Å². The highest BCUT2D eigenvalue weighted by molar-refractivity contribution is 7.89. The average molecular weight is 368 g/mol. The Kier molecular flexibility index (Phi) is 6.98. The molecule has 1 saturated heterocycles. The fourth-order valence-corrected chi connectivity index (χ4v) is 4.62. The molecule has 0 aromatic heterocycles. The minimum absolute atomic E-state index is 0.137. The van der Waals surface area contributed by atoms with Crippen LogP contribution < -0.4 is 4.72 Å². The van der Waals surface area contributed by atoms with Gasteiger partial charge < -0.3 is 9.64 Å². The fourth-order valence-electron chi connectivity index (χ4n) is 3.05. The first-order valence-electron chi connectivity index (χ1n) is 8.74. The largest absolute Gasteiger partial charge is 0.380 e. The molecule has 25 heavy (non-hydrogen) atoms. The summed E-state index contributed by atoms with van der Waals surface area (Å²) in [6, 6.07) is 5.93. The molecule has 1 heterocycles. The van der Waals surface area contributed by atoms with E-state index in [1.54, 1.807) is 29.2 Å². The SMILES string of the molecule is COCc1ccccc1S(=O)(=O)NC(C(=O)N1CCCCC1)C(C)C. The lowest BCUT2D eigenvalue weighted by Gasteiger charge is -2.32. The summed E-state index contributed by atoms with van der Waals surface area (Å²) < 4.78 is 33.5. The Morgan fingerprint density at radius 3 is 2.44 bits per heavy atom. The zero-order valence-corrected chi connectivity index (χ0v) is 16.0. The van der Waals surface area contributed by atoms with E-state index in [9.17, 15) is 13.2 Å². The Balaban J connectivity index is 2.24. The smallest absolute Gasteiger partial charge is 0.241 e. The van der Waals surface area contributed by atoms with Crippen molar-refractivity contribution in [1.82, 2.24) is 9.62 Å². The van der Waals surface area contributed by atoms with Crippen LogP contribution in [-0.4, -0.2) is 45.5 Å². The normalized spacial score (nSPS) is 16.9. The van der Waals surface area contributed by atoms with Gasteiger partial charge in [-0.1, -0.05) is 32.0 Å². The molecule has 0 bridgehead atoms. The van der Waals surface area contributed by atoms with Crippen molar-refractivity contribution in [2.45, 2.75) is 50.7 Å². The van der Waals surface area contributed by atoms with Gasteiger partial charge >= 0.3 is 0 Å². The molecule has 1 aliphatic heterocycles. The predicted molar refractivity (Wildman–Crippen MR) is 96.5 cm³/mol. The van der Waals surface area contributed by atoms with Crippen LogP contribution in [0.5, 0.6) is 0 Å². The predicted octanol–water partition coefficient (Wildman–Crippen LogP) is 2.15. The van der Waals surface area contributed by atoms with E-state index in [2.05, 4.69) is 4.72 Å². The third-order valence-corrected chi connectivity index (χ3v) is 5.99. The molecule has 1 atom stereocenters. The van der Waals surface area contributed by atoms with Crippen molar-refractivity contribution in [2.75, 3.05) is 20.2 Å². The van der Waals surface area contributed by atoms with E-state index in [0.29, 0.717) is 18.7 Å². The van der Waals surface area contributed by atoms with Crippen LogP contribution in [0.15, 0.2) is 29.2 Å². The summed E-state index contributed by atoms with van der Waals surface area (Å²) in [4.78, 5) is 14.8. The van der Waals surface area contributed by atoms with E-state index in [1.807, 2.05) is 13.8 Å². The molecule has 0 saturated carbocycles. The van der Waals surface area contributed by atoms with Crippen LogP contribution in [0.25, 0.3) is 0 Å². The average Bonchev–Trinajstić information content (AvgIpc) is 2.60. The van der Waals surface area contributed by atoms with Gasteiger partial charge in [-0.2, -0.15) is 4.72 Å². The van der Waals surface area contributed by atoms with E-state index in [1.165, 1.54) is 7.11 Å². The van der Waals surface area contributed by atoms with Gasteiger partial charge in [0.25, 0.3) is 0 Å². The highest BCUT2D eigenvalue weighted by atomic mass is 32.2. The number of sulfonamides is 1. The van der Waals surface area contributed by atoms with Crippen molar-refractivity contribution < 1.29 is 17.9 Å². The van der Waals surface area contributed by atoms with Crippen LogP contribution >= 0.6 is 0 Å². The second-order valence-corrected chi connectivity index (χ2v) is 8.45. The van der Waals surface area contributed by atoms with E-state index >= 15 is 0 Å². The van der Waals surface area contributed by atoms with E-state index < -0.39 is 16.1 Å². The summed E-state index contributed by atoms with van der Waals surface area (Å²) in [5, 5.41) is 0. The molecule has 0 radical (unpaired) electrons. The van der Waals surface area contributed by atoms with Crippen LogP contribution in [0.3, 0.4) is 0 Å². The number of likely N-dealkylation sites (tertiary alicyclic amines) is 1. The van der Waals surface area contributed by atoms with Crippen molar-refractivity contribution >= 4 is 15.9 Å². The van der Waals surface area contributed by atoms with Crippen molar-refractivity contribution in [3.63, 3.8) is 0 Å². The molecule has 0 aliphatic carbocycles. The van der Waals surface area contributed by atoms with Gasteiger partial charge in [0.15, 0.2) is 0 Å². The number of ether oxygens (including phenoxy) is 1. The maximum Gasteiger partial charge on any atom is 0.241 e. The molecule has 6 nitrogen and oxygen atoms in total. The van der Waals surface area contributed by atoms with Crippen LogP contribution in [-0.2, 0) is 26.2 Å². The summed E-state index contributed by atoms with van der Waals surface area (Å²) in [5.74, 6) is -0.277. The summed E-state index contributed by atoms with van der Waals surface area (Å²) in [6.45, 7) is 5.31. The number of hydrogen-bond acceptors (Lipinski definition) is 4. The van der Waals surface area contributed by atoms with E-state index in [4.69, 9.17) is 4.74 Å². The first-order valence-corrected chi connectivity index (χ1v) is 10.2. The topological polar surface area (TPSA) is 75.7 Å². The quantitative estimate of drug-likeness (QED) is 0.800. The van der Waals surface area contributed by atoms with Gasteiger partial charge in [-0.05, 0) is 36.8 Å². The number of hydrogen-bond donors (Lipinski definition) is 1. The van der Waals surface area contributed by atoms with Crippen LogP contribution in [0.1, 0.15) is 38.7 Å². The second kappa shape index (κ2) is 8.78. The molecule has 1 aromatic carbocycles. The van der Waals surface area contributed by atoms with Gasteiger partial charge in [-0.15, -0.1) is 0 Å². The first-order chi connectivity index (χ1) is 11.9. The van der Waals surface area contributed by atoms with Crippen LogP contribution in [0.2, 0.25) is 0 Å². The Morgan fingerprint density at radius 2 is 1.84 bits per heavy atom. The number of benzene rings is 1. The third kappa shape index (κ3) is 5.03. The minimum Gasteiger partial charge on any atom is -0.380 e. The molecular weight excluding hydrogens is 340 g/mol. The Morgan fingerprint density at radius 1 is 1.20 bits per heavy atom. The van der Waals surface area contributed by atoms with Gasteiger partial charge in [-0.3, -0.25) is 4.79 Å². The number of methoxy groups -OCH3 is 1. The molecule has 1 fully saturated rings. The Bertz CT molecular complexity index is 682. The molecule has 1 amide bonds. The lowest BCUT2D eigenvalue weighted by atomic mass is 10.0. The van der Waals surface area contributed by atoms with E-state index in [0.717, 1.165) is 19.3 Å². The highest BCUT2D eigenvalue weighted by Gasteiger charge is 2.32. The molecule has 1 unspecified atom stereocenters. The Hall–Kier alpha value is -1.44. The molecule has 1 aromatic rings. The molecular formula is C18H28N2O4S. The standard InChI is InChI=1S/C18H28N2O4S/c1-14(2)17(18(21)20-11-7-4-8-12-20)19-25(22,23)16-10-6-5-9-15(16)13-24-3/h5-6,9-10,14,17,19H,4,7-8,11-13H2,1-3H3. The summed E-state index contributed by atoms with van der Waals surface area (Å²) in [5.41, 5.74) is 0.574. The van der Waals surface area contributed by atoms with Crippen LogP contribution in [0.4, 0.5) is 0 Å². The zero-order valence-electron chi connectivity index (χ0n) is 15.2. The third-order valence-electron chi connectivity index (χ3n) is 4.44. The van der Waals surface area contributed by atoms with Crippen LogP contribution in [0, 0.1) is 5.92 Å². The van der Waals surface area contributed by atoms with Crippen molar-refractivity contribution in [3.05, 3.63) is 29.8 Å². The lowest BCUT2D eigenvalue weighted by Crippen LogP contribution is -2.52. The van der Waals surface area contributed by atoms with Crippen molar-refractivity contribution in [3.8, 4) is 0 Å². The monoisotopic (exact) mass is 368 g/mol. The maximum atomic E-state index is 12.9. The second-order valence-electron chi connectivity index (χ2n) is 6.77. The van der Waals surface area contributed by atoms with E-state index in [-0.39, 0.29) is 23.3 Å². The molecule has 140 valence electrons. The highest BCUT2D eigenvalue weighted by Crippen LogP contribution is 2.19. The number of piperidine rings is 1. The lowest BCUT2D eigenvalue weighted by molar-refractivity contribution is -0.134. The molecule has 0 spiro atoms. The number of nitrogens with zero attached hydrogens (tertiary/aromatic N) is 1. The number of carbonyl (C=O) groups excluding carboxylic acids is 1. The van der Waals surface area contributed by atoms with Gasteiger partial charge in [0.2, 0.25) is 15.9 Å². The summed E-state index contributed by atoms with van der Waals surface area (Å²) in [7, 11) is -2.30. The minimum atomic E-state index is -3.82. The number of amides is 1. The first kappa shape index (κ1) is 19.9. The van der Waals surface area contributed by atoms with Gasteiger partial charge in [-0.25, -0.2) is 8.42 Å². The summed E-state index contributed by atoms with van der Waals surface area (Å²) in [6.07, 6.45) is 3.06. The molecule has 2 rings (SSSR count). The number of carbonyl (C=O) groups is 1. The molecule has 1 aliphatic rings. The number of rotatable bonds is 7. The van der Waals surface area contributed by atoms with Gasteiger partial charge in [0.05, 0.1) is 11.5 Å². The van der Waals surface area contributed by atoms with Crippen molar-refractivity contribution in [1.29, 1.82) is 0 Å². The molecule has 1 N–H and O–H groups in total. The molecule has 7 heteroatoms. The maximum absolute atomic E-state index is 12.9. The zero-order chi connectivity index (χ0) is 18.4. The Labute approximate surface area is 150 Å². The summed E-state index contributed by atoms with van der Waals surface area (Å²) >= 11 is 0. The number of nitrogens with one attached hydrogen (secondary N) is 1. The fraction of sp³-hybridized carbons (Fsp3) is 0.611. The van der Waals surface area contributed by atoms with Gasteiger partial charge in [0.1, 0.15) is 6.04 Å². The van der Waals surface area contributed by atoms with Crippen molar-refractivity contribution in [2.24, 2.45) is 5.92 Å².